The van der Waals surface area contributed by atoms with E-state index >= 15 is 0 Å². The number of fused-ring (bicyclic) bond motifs is 1. The van der Waals surface area contributed by atoms with E-state index in [1.807, 2.05) is 24.3 Å². The number of pyridine rings is 1. The lowest BCUT2D eigenvalue weighted by atomic mass is 10.1. The van der Waals surface area contributed by atoms with Gasteiger partial charge in [0, 0.05) is 17.3 Å². The van der Waals surface area contributed by atoms with Gasteiger partial charge in [0.1, 0.15) is 11.6 Å². The summed E-state index contributed by atoms with van der Waals surface area (Å²) in [6, 6.07) is 11.8. The number of anilines is 1. The standard InChI is InChI=1S/C19H14F3N5O/c1-28-13-4-2-3-11(7-13)15-5-6-17-24-10-16(27(17)26-15)12-8-14(19(20,21)22)18(23)25-9-12/h2-10H,1H3,(H2,23,25). The smallest absolute Gasteiger partial charge is 0.419 e. The van der Waals surface area contributed by atoms with Gasteiger partial charge >= 0.3 is 6.18 Å². The summed E-state index contributed by atoms with van der Waals surface area (Å²) in [6.07, 6.45) is -1.88. The van der Waals surface area contributed by atoms with Crippen molar-refractivity contribution in [2.75, 3.05) is 12.8 Å². The Morgan fingerprint density at radius 3 is 2.57 bits per heavy atom. The zero-order valence-corrected chi connectivity index (χ0v) is 14.6. The number of nitrogen functional groups attached to an aromatic ring is 1. The average molecular weight is 385 g/mol. The molecule has 28 heavy (non-hydrogen) atoms. The fourth-order valence-electron chi connectivity index (χ4n) is 2.85. The van der Waals surface area contributed by atoms with Gasteiger partial charge in [-0.1, -0.05) is 12.1 Å². The van der Waals surface area contributed by atoms with Gasteiger partial charge in [-0.05, 0) is 30.3 Å². The number of hydrogen-bond acceptors (Lipinski definition) is 5. The number of rotatable bonds is 3. The molecule has 4 rings (SSSR count). The second-order valence-corrected chi connectivity index (χ2v) is 6.02. The van der Waals surface area contributed by atoms with Crippen LogP contribution in [-0.2, 0) is 6.18 Å². The van der Waals surface area contributed by atoms with Crippen LogP contribution in [0.5, 0.6) is 5.75 Å². The Hall–Kier alpha value is -3.62. The van der Waals surface area contributed by atoms with Crippen molar-refractivity contribution < 1.29 is 17.9 Å². The van der Waals surface area contributed by atoms with E-state index in [1.165, 1.54) is 16.9 Å². The maximum atomic E-state index is 13.2. The molecule has 6 nitrogen and oxygen atoms in total. The summed E-state index contributed by atoms with van der Waals surface area (Å²) >= 11 is 0. The Balaban J connectivity index is 1.85. The predicted molar refractivity (Wildman–Crippen MR) is 97.6 cm³/mol. The summed E-state index contributed by atoms with van der Waals surface area (Å²) < 4.78 is 46.2. The molecule has 0 amide bonds. The molecule has 142 valence electrons. The van der Waals surface area contributed by atoms with Crippen molar-refractivity contribution >= 4 is 11.5 Å². The molecule has 0 fully saturated rings. The highest BCUT2D eigenvalue weighted by Crippen LogP contribution is 2.35. The Morgan fingerprint density at radius 2 is 1.82 bits per heavy atom. The SMILES string of the molecule is COc1cccc(-c2ccc3ncc(-c4cnc(N)c(C(F)(F)F)c4)n3n2)c1. The minimum atomic E-state index is -4.60. The summed E-state index contributed by atoms with van der Waals surface area (Å²) in [5, 5.41) is 4.53. The zero-order chi connectivity index (χ0) is 19.9. The second kappa shape index (κ2) is 6.52. The second-order valence-electron chi connectivity index (χ2n) is 6.02. The molecule has 0 saturated heterocycles. The topological polar surface area (TPSA) is 78.3 Å². The van der Waals surface area contributed by atoms with Crippen LogP contribution in [0.1, 0.15) is 5.56 Å². The van der Waals surface area contributed by atoms with Crippen LogP contribution in [0.25, 0.3) is 28.2 Å². The number of benzene rings is 1. The van der Waals surface area contributed by atoms with Crippen LogP contribution in [0.15, 0.2) is 54.9 Å². The van der Waals surface area contributed by atoms with Gasteiger partial charge in [-0.25, -0.2) is 14.5 Å². The molecule has 0 atom stereocenters. The molecule has 0 aliphatic heterocycles. The molecule has 3 aromatic heterocycles. The van der Waals surface area contributed by atoms with Crippen LogP contribution < -0.4 is 10.5 Å². The van der Waals surface area contributed by atoms with Crippen LogP contribution in [-0.4, -0.2) is 26.7 Å². The van der Waals surface area contributed by atoms with E-state index in [0.717, 1.165) is 11.6 Å². The van der Waals surface area contributed by atoms with Gasteiger partial charge in [-0.2, -0.15) is 18.3 Å². The van der Waals surface area contributed by atoms with Crippen LogP contribution in [0.2, 0.25) is 0 Å². The summed E-state index contributed by atoms with van der Waals surface area (Å²) in [5.74, 6) is 0.0953. The zero-order valence-electron chi connectivity index (χ0n) is 14.6. The first-order valence-corrected chi connectivity index (χ1v) is 8.19. The van der Waals surface area contributed by atoms with E-state index in [-0.39, 0.29) is 5.56 Å². The maximum absolute atomic E-state index is 13.2. The molecule has 0 saturated carbocycles. The quantitative estimate of drug-likeness (QED) is 0.575. The number of nitrogens with two attached hydrogens (primary N) is 1. The maximum Gasteiger partial charge on any atom is 0.419 e. The van der Waals surface area contributed by atoms with Crippen molar-refractivity contribution in [3.05, 3.63) is 60.4 Å². The number of ether oxygens (including phenoxy) is 1. The Bertz CT molecular complexity index is 1170. The Kier molecular flexibility index (Phi) is 4.14. The van der Waals surface area contributed by atoms with Crippen LogP contribution in [0, 0.1) is 0 Å². The first-order chi connectivity index (χ1) is 13.4. The van der Waals surface area contributed by atoms with E-state index < -0.39 is 17.6 Å². The van der Waals surface area contributed by atoms with Crippen molar-refractivity contribution in [2.24, 2.45) is 0 Å². The Morgan fingerprint density at radius 1 is 1.00 bits per heavy atom. The third-order valence-electron chi connectivity index (χ3n) is 4.25. The lowest BCUT2D eigenvalue weighted by Crippen LogP contribution is -2.10. The number of nitrogens with zero attached hydrogens (tertiary/aromatic N) is 4. The molecule has 0 bridgehead atoms. The van der Waals surface area contributed by atoms with E-state index in [2.05, 4.69) is 15.1 Å². The number of methoxy groups -OCH3 is 1. The molecular formula is C19H14F3N5O. The largest absolute Gasteiger partial charge is 0.497 e. The molecule has 0 unspecified atom stereocenters. The molecular weight excluding hydrogens is 371 g/mol. The summed E-state index contributed by atoms with van der Waals surface area (Å²) in [7, 11) is 1.57. The normalized spacial score (nSPS) is 11.7. The van der Waals surface area contributed by atoms with Crippen molar-refractivity contribution in [3.8, 4) is 28.3 Å². The average Bonchev–Trinajstić information content (AvgIpc) is 3.11. The third kappa shape index (κ3) is 3.11. The summed E-state index contributed by atoms with van der Waals surface area (Å²) in [6.45, 7) is 0. The summed E-state index contributed by atoms with van der Waals surface area (Å²) in [4.78, 5) is 7.90. The lowest BCUT2D eigenvalue weighted by molar-refractivity contribution is -0.137. The molecule has 0 radical (unpaired) electrons. The first kappa shape index (κ1) is 17.8. The predicted octanol–water partition coefficient (Wildman–Crippen LogP) is 4.07. The minimum Gasteiger partial charge on any atom is -0.497 e. The third-order valence-corrected chi connectivity index (χ3v) is 4.25. The lowest BCUT2D eigenvalue weighted by Gasteiger charge is -2.11. The van der Waals surface area contributed by atoms with E-state index in [0.29, 0.717) is 22.8 Å². The van der Waals surface area contributed by atoms with Crippen LogP contribution in [0.3, 0.4) is 0 Å². The van der Waals surface area contributed by atoms with Gasteiger partial charge in [-0.3, -0.25) is 0 Å². The van der Waals surface area contributed by atoms with Crippen molar-refractivity contribution in [3.63, 3.8) is 0 Å². The van der Waals surface area contributed by atoms with Gasteiger partial charge in [0.05, 0.1) is 30.3 Å². The highest BCUT2D eigenvalue weighted by Gasteiger charge is 2.34. The minimum absolute atomic E-state index is 0.212. The van der Waals surface area contributed by atoms with Crippen molar-refractivity contribution in [2.45, 2.75) is 6.18 Å². The fourth-order valence-corrected chi connectivity index (χ4v) is 2.85. The molecule has 3 heterocycles. The van der Waals surface area contributed by atoms with Crippen LogP contribution in [0.4, 0.5) is 19.0 Å². The van der Waals surface area contributed by atoms with Crippen molar-refractivity contribution in [1.82, 2.24) is 19.6 Å². The van der Waals surface area contributed by atoms with Crippen molar-refractivity contribution in [1.29, 1.82) is 0 Å². The van der Waals surface area contributed by atoms with Gasteiger partial charge < -0.3 is 10.5 Å². The van der Waals surface area contributed by atoms with Gasteiger partial charge in [-0.15, -0.1) is 0 Å². The molecule has 0 aliphatic rings. The molecule has 4 aromatic rings. The molecule has 9 heteroatoms. The van der Waals surface area contributed by atoms with Gasteiger partial charge in [0.2, 0.25) is 0 Å². The number of halogens is 3. The van der Waals surface area contributed by atoms with Gasteiger partial charge in [0.15, 0.2) is 5.65 Å². The van der Waals surface area contributed by atoms with Gasteiger partial charge in [0.25, 0.3) is 0 Å². The highest BCUT2D eigenvalue weighted by atomic mass is 19.4. The molecule has 1 aromatic carbocycles. The fraction of sp³-hybridized carbons (Fsp3) is 0.105. The van der Waals surface area contributed by atoms with E-state index in [9.17, 15) is 13.2 Å². The number of alkyl halides is 3. The highest BCUT2D eigenvalue weighted by molar-refractivity contribution is 5.67. The molecule has 0 aliphatic carbocycles. The molecule has 2 N–H and O–H groups in total. The number of hydrogen-bond donors (Lipinski definition) is 1. The number of aromatic nitrogens is 4. The summed E-state index contributed by atoms with van der Waals surface area (Å²) in [5.41, 5.74) is 6.88. The van der Waals surface area contributed by atoms with Crippen LogP contribution >= 0.6 is 0 Å². The first-order valence-electron chi connectivity index (χ1n) is 8.19. The number of imidazole rings is 1. The monoisotopic (exact) mass is 385 g/mol. The van der Waals surface area contributed by atoms with E-state index in [1.54, 1.807) is 19.2 Å². The molecule has 0 spiro atoms. The Labute approximate surface area is 157 Å². The van der Waals surface area contributed by atoms with E-state index in [4.69, 9.17) is 10.5 Å².